The molecule has 7 heteroatoms. The fourth-order valence-electron chi connectivity index (χ4n) is 2.78. The van der Waals surface area contributed by atoms with Gasteiger partial charge in [0.2, 0.25) is 10.0 Å². The average molecular weight is 377 g/mol. The van der Waals surface area contributed by atoms with Crippen LogP contribution >= 0.6 is 12.4 Å². The zero-order valence-electron chi connectivity index (χ0n) is 14.5. The van der Waals surface area contributed by atoms with Crippen LogP contribution in [0.25, 0.3) is 0 Å². The first-order valence-corrected chi connectivity index (χ1v) is 9.92. The summed E-state index contributed by atoms with van der Waals surface area (Å²) in [7, 11) is -1.46. The Morgan fingerprint density at radius 3 is 2.33 bits per heavy atom. The van der Waals surface area contributed by atoms with Gasteiger partial charge in [0.25, 0.3) is 0 Å². The van der Waals surface area contributed by atoms with Crippen molar-refractivity contribution in [3.63, 3.8) is 0 Å². The summed E-state index contributed by atoms with van der Waals surface area (Å²) in [5, 5.41) is 3.21. The van der Waals surface area contributed by atoms with E-state index in [9.17, 15) is 8.42 Å². The number of benzene rings is 1. The topological polar surface area (TPSA) is 58.6 Å². The number of rotatable bonds is 8. The molecular formula is C17H29ClN2O3S. The molecule has 1 fully saturated rings. The van der Waals surface area contributed by atoms with Crippen molar-refractivity contribution in [1.82, 2.24) is 9.62 Å². The van der Waals surface area contributed by atoms with E-state index in [1.165, 1.54) is 0 Å². The molecule has 0 amide bonds. The summed E-state index contributed by atoms with van der Waals surface area (Å²) in [5.41, 5.74) is 0. The Morgan fingerprint density at radius 1 is 1.17 bits per heavy atom. The molecule has 24 heavy (non-hydrogen) atoms. The smallest absolute Gasteiger partial charge is 0.243 e. The second-order valence-electron chi connectivity index (χ2n) is 5.99. The molecule has 1 N–H and O–H groups in total. The Balaban J connectivity index is 0.00000288. The summed E-state index contributed by atoms with van der Waals surface area (Å²) in [6, 6.07) is 7.21. The summed E-state index contributed by atoms with van der Waals surface area (Å²) in [5.74, 6) is 0.731. The van der Waals surface area contributed by atoms with Gasteiger partial charge in [-0.25, -0.2) is 8.42 Å². The van der Waals surface area contributed by atoms with Gasteiger partial charge in [0.1, 0.15) is 5.75 Å². The largest absolute Gasteiger partial charge is 0.494 e. The fourth-order valence-corrected chi connectivity index (χ4v) is 4.25. The summed E-state index contributed by atoms with van der Waals surface area (Å²) >= 11 is 0. The molecule has 0 spiro atoms. The second-order valence-corrected chi connectivity index (χ2v) is 7.93. The van der Waals surface area contributed by atoms with Gasteiger partial charge in [0.15, 0.2) is 0 Å². The predicted molar refractivity (Wildman–Crippen MR) is 99.6 cm³/mol. The van der Waals surface area contributed by atoms with Gasteiger partial charge in [-0.15, -0.1) is 12.4 Å². The third kappa shape index (κ3) is 5.62. The van der Waals surface area contributed by atoms with Gasteiger partial charge in [-0.2, -0.15) is 4.31 Å². The highest BCUT2D eigenvalue weighted by atomic mass is 35.5. The van der Waals surface area contributed by atoms with Gasteiger partial charge < -0.3 is 10.1 Å². The molecule has 0 atom stereocenters. The van der Waals surface area contributed by atoms with E-state index in [1.807, 2.05) is 7.05 Å². The molecule has 0 unspecified atom stereocenters. The Morgan fingerprint density at radius 2 is 1.79 bits per heavy atom. The maximum atomic E-state index is 12.7. The van der Waals surface area contributed by atoms with Crippen molar-refractivity contribution >= 4 is 22.4 Å². The van der Waals surface area contributed by atoms with Crippen LogP contribution in [-0.4, -0.2) is 45.5 Å². The second kappa shape index (κ2) is 10.2. The maximum absolute atomic E-state index is 12.7. The highest BCUT2D eigenvalue weighted by molar-refractivity contribution is 7.89. The molecule has 1 heterocycles. The summed E-state index contributed by atoms with van der Waals surface area (Å²) < 4.78 is 32.5. The lowest BCUT2D eigenvalue weighted by molar-refractivity contribution is 0.298. The van der Waals surface area contributed by atoms with Crippen molar-refractivity contribution in [2.45, 2.75) is 50.0 Å². The molecular weight excluding hydrogens is 348 g/mol. The normalized spacial score (nSPS) is 16.6. The van der Waals surface area contributed by atoms with E-state index in [0.29, 0.717) is 30.6 Å². The summed E-state index contributed by atoms with van der Waals surface area (Å²) in [4.78, 5) is 0.348. The lowest BCUT2D eigenvalue weighted by atomic mass is 10.1. The van der Waals surface area contributed by atoms with Crippen LogP contribution in [0.15, 0.2) is 29.2 Å². The number of ether oxygens (including phenoxy) is 1. The van der Waals surface area contributed by atoms with Crippen molar-refractivity contribution in [2.75, 3.05) is 26.7 Å². The molecule has 0 saturated carbocycles. The highest BCUT2D eigenvalue weighted by Crippen LogP contribution is 2.23. The molecule has 0 radical (unpaired) electrons. The van der Waals surface area contributed by atoms with Gasteiger partial charge in [0, 0.05) is 19.1 Å². The van der Waals surface area contributed by atoms with E-state index < -0.39 is 10.0 Å². The standard InChI is InChI=1S/C17H28N2O3S.ClH/c1-3-4-5-14-22-16-6-8-17(9-7-16)23(20,21)19-12-10-15(18-2)11-13-19;/h6-9,15,18H,3-5,10-14H2,1-2H3;1H. The van der Waals surface area contributed by atoms with Gasteiger partial charge in [-0.1, -0.05) is 19.8 Å². The molecule has 0 bridgehead atoms. The number of nitrogens with one attached hydrogen (secondary N) is 1. The van der Waals surface area contributed by atoms with Crippen molar-refractivity contribution in [2.24, 2.45) is 0 Å². The number of nitrogens with zero attached hydrogens (tertiary/aromatic N) is 1. The molecule has 1 aliphatic rings. The van der Waals surface area contributed by atoms with E-state index >= 15 is 0 Å². The van der Waals surface area contributed by atoms with Gasteiger partial charge >= 0.3 is 0 Å². The van der Waals surface area contributed by atoms with Gasteiger partial charge in [-0.3, -0.25) is 0 Å². The molecule has 5 nitrogen and oxygen atoms in total. The van der Waals surface area contributed by atoms with Gasteiger partial charge in [-0.05, 0) is 50.6 Å². The third-order valence-electron chi connectivity index (χ3n) is 4.34. The molecule has 138 valence electrons. The minimum Gasteiger partial charge on any atom is -0.494 e. The lowest BCUT2D eigenvalue weighted by Gasteiger charge is -2.31. The fraction of sp³-hybridized carbons (Fsp3) is 0.647. The minimum absolute atomic E-state index is 0. The monoisotopic (exact) mass is 376 g/mol. The zero-order valence-corrected chi connectivity index (χ0v) is 16.2. The highest BCUT2D eigenvalue weighted by Gasteiger charge is 2.28. The Kier molecular flexibility index (Phi) is 9.05. The van der Waals surface area contributed by atoms with Crippen molar-refractivity contribution in [1.29, 1.82) is 0 Å². The van der Waals surface area contributed by atoms with Crippen molar-refractivity contribution in [3.05, 3.63) is 24.3 Å². The van der Waals surface area contributed by atoms with Crippen LogP contribution in [-0.2, 0) is 10.0 Å². The number of sulfonamides is 1. The van der Waals surface area contributed by atoms with Crippen LogP contribution in [0.1, 0.15) is 39.0 Å². The first-order chi connectivity index (χ1) is 11.1. The predicted octanol–water partition coefficient (Wildman–Crippen LogP) is 3.05. The van der Waals surface area contributed by atoms with Gasteiger partial charge in [0.05, 0.1) is 11.5 Å². The number of halogens is 1. The first-order valence-electron chi connectivity index (χ1n) is 8.48. The zero-order chi connectivity index (χ0) is 16.7. The van der Waals surface area contributed by atoms with Crippen molar-refractivity contribution in [3.8, 4) is 5.75 Å². The number of hydrogen-bond donors (Lipinski definition) is 1. The number of piperidine rings is 1. The van der Waals surface area contributed by atoms with E-state index in [4.69, 9.17) is 4.74 Å². The number of hydrogen-bond acceptors (Lipinski definition) is 4. The minimum atomic E-state index is -3.39. The molecule has 1 aromatic rings. The van der Waals surface area contributed by atoms with Crippen LogP contribution in [0.5, 0.6) is 5.75 Å². The molecule has 1 aliphatic heterocycles. The summed E-state index contributed by atoms with van der Waals surface area (Å²) in [6.45, 7) is 3.97. The van der Waals surface area contributed by atoms with Crippen LogP contribution in [0.2, 0.25) is 0 Å². The lowest BCUT2D eigenvalue weighted by Crippen LogP contribution is -2.43. The molecule has 1 saturated heterocycles. The molecule has 0 aliphatic carbocycles. The maximum Gasteiger partial charge on any atom is 0.243 e. The van der Waals surface area contributed by atoms with E-state index in [2.05, 4.69) is 12.2 Å². The van der Waals surface area contributed by atoms with Crippen LogP contribution in [0.4, 0.5) is 0 Å². The number of unbranched alkanes of at least 4 members (excludes halogenated alkanes) is 2. The summed E-state index contributed by atoms with van der Waals surface area (Å²) in [6.07, 6.45) is 5.04. The Hall–Kier alpha value is -0.820. The first kappa shape index (κ1) is 21.2. The third-order valence-corrected chi connectivity index (χ3v) is 6.25. The van der Waals surface area contributed by atoms with E-state index in [1.54, 1.807) is 28.6 Å². The molecule has 2 rings (SSSR count). The van der Waals surface area contributed by atoms with Crippen LogP contribution in [0.3, 0.4) is 0 Å². The average Bonchev–Trinajstić information content (AvgIpc) is 2.59. The van der Waals surface area contributed by atoms with E-state index in [-0.39, 0.29) is 12.4 Å². The van der Waals surface area contributed by atoms with Crippen LogP contribution < -0.4 is 10.1 Å². The van der Waals surface area contributed by atoms with E-state index in [0.717, 1.165) is 37.9 Å². The quantitative estimate of drug-likeness (QED) is 0.708. The Bertz CT molecular complexity index is 570. The SMILES string of the molecule is CCCCCOc1ccc(S(=O)(=O)N2CCC(NC)CC2)cc1.Cl. The van der Waals surface area contributed by atoms with Crippen molar-refractivity contribution < 1.29 is 13.2 Å². The molecule has 1 aromatic carbocycles. The molecule has 0 aromatic heterocycles. The van der Waals surface area contributed by atoms with Crippen LogP contribution in [0, 0.1) is 0 Å². The Labute approximate surface area is 152 Å².